The van der Waals surface area contributed by atoms with Crippen molar-refractivity contribution in [3.8, 4) is 0 Å². The molecule has 0 bridgehead atoms. The number of hydrogen-bond acceptors (Lipinski definition) is 1. The van der Waals surface area contributed by atoms with Crippen LogP contribution >= 0.6 is 0 Å². The van der Waals surface area contributed by atoms with E-state index in [4.69, 9.17) is 5.73 Å². The number of pyridine rings is 1. The zero-order valence-electron chi connectivity index (χ0n) is 9.36. The number of nitrogens with zero attached hydrogens (tertiary/aromatic N) is 1. The average molecular weight is 205 g/mol. The Bertz CT molecular complexity index is 286. The summed E-state index contributed by atoms with van der Waals surface area (Å²) in [4.78, 5) is 0. The summed E-state index contributed by atoms with van der Waals surface area (Å²) in [6.45, 7) is 1.14. The number of aryl methyl sites for hydroxylation is 1. The molecule has 1 heterocycles. The van der Waals surface area contributed by atoms with Crippen molar-refractivity contribution in [1.29, 1.82) is 0 Å². The summed E-state index contributed by atoms with van der Waals surface area (Å²) in [6.07, 6.45) is 12.7. The molecule has 1 aromatic heterocycles. The van der Waals surface area contributed by atoms with E-state index in [1.165, 1.54) is 38.5 Å². The third-order valence-electron chi connectivity index (χ3n) is 3.44. The number of aromatic nitrogens is 1. The molecule has 0 radical (unpaired) electrons. The SMILES string of the molecule is Nc1cc[n+](CCC2CCCCC2)cc1. The van der Waals surface area contributed by atoms with Crippen LogP contribution in [0.5, 0.6) is 0 Å². The lowest BCUT2D eigenvalue weighted by Gasteiger charge is -2.19. The molecule has 0 aromatic carbocycles. The van der Waals surface area contributed by atoms with Gasteiger partial charge in [0.25, 0.3) is 0 Å². The Balaban J connectivity index is 1.79. The fourth-order valence-electron chi connectivity index (χ4n) is 2.43. The van der Waals surface area contributed by atoms with Gasteiger partial charge in [-0.25, -0.2) is 4.57 Å². The molecule has 2 heteroatoms. The molecule has 0 atom stereocenters. The number of nitrogens with two attached hydrogens (primary N) is 1. The molecule has 0 amide bonds. The van der Waals surface area contributed by atoms with Gasteiger partial charge in [0.2, 0.25) is 0 Å². The predicted octanol–water partition coefficient (Wildman–Crippen LogP) is 2.53. The van der Waals surface area contributed by atoms with Crippen LogP contribution in [0.3, 0.4) is 0 Å². The third-order valence-corrected chi connectivity index (χ3v) is 3.44. The summed E-state index contributed by atoms with van der Waals surface area (Å²) in [7, 11) is 0. The molecule has 82 valence electrons. The van der Waals surface area contributed by atoms with Crippen molar-refractivity contribution in [2.24, 2.45) is 5.92 Å². The highest BCUT2D eigenvalue weighted by molar-refractivity contribution is 5.32. The zero-order valence-corrected chi connectivity index (χ0v) is 9.36. The minimum atomic E-state index is 0.851. The lowest BCUT2D eigenvalue weighted by Crippen LogP contribution is -2.33. The monoisotopic (exact) mass is 205 g/mol. The van der Waals surface area contributed by atoms with Crippen LogP contribution in [0.1, 0.15) is 38.5 Å². The van der Waals surface area contributed by atoms with E-state index in [0.29, 0.717) is 0 Å². The van der Waals surface area contributed by atoms with Gasteiger partial charge in [0, 0.05) is 24.2 Å². The highest BCUT2D eigenvalue weighted by Crippen LogP contribution is 2.25. The predicted molar refractivity (Wildman–Crippen MR) is 62.2 cm³/mol. The first-order valence-corrected chi connectivity index (χ1v) is 6.09. The van der Waals surface area contributed by atoms with E-state index < -0.39 is 0 Å². The van der Waals surface area contributed by atoms with Gasteiger partial charge in [-0.15, -0.1) is 0 Å². The Morgan fingerprint density at radius 1 is 1.13 bits per heavy atom. The summed E-state index contributed by atoms with van der Waals surface area (Å²) < 4.78 is 2.24. The van der Waals surface area contributed by atoms with Crippen molar-refractivity contribution < 1.29 is 4.57 Å². The number of anilines is 1. The summed E-state index contributed by atoms with van der Waals surface area (Å²) in [5, 5.41) is 0. The van der Waals surface area contributed by atoms with Crippen molar-refractivity contribution in [3.05, 3.63) is 24.5 Å². The molecule has 2 N–H and O–H groups in total. The molecule has 1 aliphatic carbocycles. The van der Waals surface area contributed by atoms with Crippen molar-refractivity contribution in [3.63, 3.8) is 0 Å². The molecule has 2 rings (SSSR count). The van der Waals surface area contributed by atoms with E-state index in [0.717, 1.165) is 18.2 Å². The number of hydrogen-bond donors (Lipinski definition) is 1. The second-order valence-corrected chi connectivity index (χ2v) is 4.66. The van der Waals surface area contributed by atoms with Crippen LogP contribution in [0.25, 0.3) is 0 Å². The second kappa shape index (κ2) is 5.15. The van der Waals surface area contributed by atoms with E-state index in [1.807, 2.05) is 12.1 Å². The van der Waals surface area contributed by atoms with Gasteiger partial charge >= 0.3 is 0 Å². The van der Waals surface area contributed by atoms with Gasteiger partial charge in [0.05, 0.1) is 0 Å². The van der Waals surface area contributed by atoms with E-state index >= 15 is 0 Å². The second-order valence-electron chi connectivity index (χ2n) is 4.66. The van der Waals surface area contributed by atoms with Gasteiger partial charge in [-0.2, -0.15) is 0 Å². The van der Waals surface area contributed by atoms with Crippen LogP contribution < -0.4 is 10.3 Å². The minimum Gasteiger partial charge on any atom is -0.398 e. The molecule has 0 spiro atoms. The van der Waals surface area contributed by atoms with Gasteiger partial charge in [-0.1, -0.05) is 32.1 Å². The first kappa shape index (κ1) is 10.5. The maximum atomic E-state index is 5.65. The van der Waals surface area contributed by atoms with E-state index in [9.17, 15) is 0 Å². The highest BCUT2D eigenvalue weighted by Gasteiger charge is 2.14. The fourth-order valence-corrected chi connectivity index (χ4v) is 2.43. The van der Waals surface area contributed by atoms with Crippen LogP contribution in [-0.4, -0.2) is 0 Å². The molecule has 2 nitrogen and oxygen atoms in total. The van der Waals surface area contributed by atoms with Crippen LogP contribution in [0.4, 0.5) is 5.69 Å². The third kappa shape index (κ3) is 3.22. The standard InChI is InChI=1S/C13H20N2/c14-13-7-10-15(11-8-13)9-6-12-4-2-1-3-5-12/h7-8,10-12,14H,1-6,9H2/p+1. The van der Waals surface area contributed by atoms with Crippen molar-refractivity contribution in [2.45, 2.75) is 45.1 Å². The summed E-state index contributed by atoms with van der Waals surface area (Å²) in [5.74, 6) is 0.962. The zero-order chi connectivity index (χ0) is 10.5. The smallest absolute Gasteiger partial charge is 0.170 e. The molecule has 1 fully saturated rings. The maximum absolute atomic E-state index is 5.65. The van der Waals surface area contributed by atoms with Gasteiger partial charge in [0.1, 0.15) is 6.54 Å². The maximum Gasteiger partial charge on any atom is 0.170 e. The van der Waals surface area contributed by atoms with Gasteiger partial charge < -0.3 is 5.73 Å². The van der Waals surface area contributed by atoms with E-state index in [2.05, 4.69) is 17.0 Å². The first-order chi connectivity index (χ1) is 7.34. The Labute approximate surface area is 92.1 Å². The quantitative estimate of drug-likeness (QED) is 0.755. The van der Waals surface area contributed by atoms with Crippen LogP contribution in [-0.2, 0) is 6.54 Å². The molecule has 1 saturated carbocycles. The normalized spacial score (nSPS) is 17.9. The highest BCUT2D eigenvalue weighted by atomic mass is 14.9. The van der Waals surface area contributed by atoms with Crippen molar-refractivity contribution in [2.75, 3.05) is 5.73 Å². The first-order valence-electron chi connectivity index (χ1n) is 6.09. The minimum absolute atomic E-state index is 0.851. The fraction of sp³-hybridized carbons (Fsp3) is 0.615. The molecular formula is C13H21N2+. The van der Waals surface area contributed by atoms with Crippen LogP contribution in [0.2, 0.25) is 0 Å². The van der Waals surface area contributed by atoms with E-state index in [-0.39, 0.29) is 0 Å². The molecule has 1 aliphatic rings. The lowest BCUT2D eigenvalue weighted by molar-refractivity contribution is -0.698. The van der Waals surface area contributed by atoms with Crippen LogP contribution in [0, 0.1) is 5.92 Å². The molecular weight excluding hydrogens is 184 g/mol. The lowest BCUT2D eigenvalue weighted by atomic mass is 9.87. The summed E-state index contributed by atoms with van der Waals surface area (Å²) >= 11 is 0. The topological polar surface area (TPSA) is 29.9 Å². The Kier molecular flexibility index (Phi) is 3.59. The summed E-state index contributed by atoms with van der Waals surface area (Å²) in [6, 6.07) is 3.95. The Morgan fingerprint density at radius 2 is 1.80 bits per heavy atom. The van der Waals surface area contributed by atoms with Gasteiger partial charge in [-0.05, 0) is 5.92 Å². The summed E-state index contributed by atoms with van der Waals surface area (Å²) in [5.41, 5.74) is 6.50. The molecule has 0 aliphatic heterocycles. The Morgan fingerprint density at radius 3 is 2.47 bits per heavy atom. The largest absolute Gasteiger partial charge is 0.398 e. The van der Waals surface area contributed by atoms with Crippen molar-refractivity contribution in [1.82, 2.24) is 0 Å². The van der Waals surface area contributed by atoms with E-state index in [1.54, 1.807) is 0 Å². The molecule has 1 aromatic rings. The molecule has 0 unspecified atom stereocenters. The molecule has 15 heavy (non-hydrogen) atoms. The van der Waals surface area contributed by atoms with Crippen LogP contribution in [0.15, 0.2) is 24.5 Å². The number of rotatable bonds is 3. The Hall–Kier alpha value is -1.05. The van der Waals surface area contributed by atoms with Gasteiger partial charge in [-0.3, -0.25) is 0 Å². The average Bonchev–Trinajstić information content (AvgIpc) is 2.30. The molecule has 0 saturated heterocycles. The number of nitrogen functional groups attached to an aromatic ring is 1. The van der Waals surface area contributed by atoms with Gasteiger partial charge in [0.15, 0.2) is 12.4 Å². The van der Waals surface area contributed by atoms with Crippen molar-refractivity contribution >= 4 is 5.69 Å².